The van der Waals surface area contributed by atoms with Gasteiger partial charge in [0.05, 0.1) is 12.6 Å². The number of nitrogens with zero attached hydrogens (tertiary/aromatic N) is 4. The van der Waals surface area contributed by atoms with Crippen LogP contribution in [0.5, 0.6) is 5.75 Å². The van der Waals surface area contributed by atoms with E-state index in [1.165, 1.54) is 29.5 Å². The van der Waals surface area contributed by atoms with E-state index in [1.54, 1.807) is 0 Å². The lowest BCUT2D eigenvalue weighted by Crippen LogP contribution is -2.17. The molecule has 0 saturated heterocycles. The first-order valence-corrected chi connectivity index (χ1v) is 11.5. The Morgan fingerprint density at radius 2 is 2.00 bits per heavy atom. The van der Waals surface area contributed by atoms with Crippen molar-refractivity contribution in [3.63, 3.8) is 0 Å². The molecule has 176 valence electrons. The third-order valence-corrected chi connectivity index (χ3v) is 6.08. The highest BCUT2D eigenvalue weighted by molar-refractivity contribution is 5.99. The van der Waals surface area contributed by atoms with Gasteiger partial charge in [-0.15, -0.1) is 10.2 Å². The number of benzene rings is 2. The number of anilines is 1. The highest BCUT2D eigenvalue weighted by atomic mass is 16.6. The van der Waals surface area contributed by atoms with Crippen LogP contribution in [0.1, 0.15) is 49.3 Å². The molecule has 2 aromatic carbocycles. The molecule has 9 nitrogen and oxygen atoms in total. The number of nitrogens with one attached hydrogen (secondary N) is 1. The minimum atomic E-state index is -0.460. The monoisotopic (exact) mass is 460 g/mol. The molecule has 3 N–H and O–H groups in total. The van der Waals surface area contributed by atoms with Gasteiger partial charge in [-0.3, -0.25) is 5.32 Å². The van der Waals surface area contributed by atoms with Crippen molar-refractivity contribution in [2.24, 2.45) is 11.7 Å². The zero-order chi connectivity index (χ0) is 23.7. The Bertz CT molecular complexity index is 1200. The number of carbonyl (C=O) groups excluding carboxylic acids is 1. The summed E-state index contributed by atoms with van der Waals surface area (Å²) in [5.74, 6) is 1.62. The average Bonchev–Trinajstić information content (AvgIpc) is 3.43. The maximum absolute atomic E-state index is 11.9. The van der Waals surface area contributed by atoms with Crippen LogP contribution in [0.25, 0.3) is 11.3 Å². The summed E-state index contributed by atoms with van der Waals surface area (Å²) >= 11 is 0. The summed E-state index contributed by atoms with van der Waals surface area (Å²) < 4.78 is 11.1. The number of nitrogens with two attached hydrogens (primary N) is 1. The molecule has 0 aliphatic heterocycles. The van der Waals surface area contributed by atoms with Crippen LogP contribution < -0.4 is 15.8 Å². The number of carbonyl (C=O) groups is 1. The molecule has 1 amide bonds. The number of fused-ring (bicyclic) bond motifs is 1. The van der Waals surface area contributed by atoms with E-state index in [-0.39, 0.29) is 12.0 Å². The first-order chi connectivity index (χ1) is 16.5. The Kier molecular flexibility index (Phi) is 5.91. The van der Waals surface area contributed by atoms with Crippen molar-refractivity contribution in [1.29, 1.82) is 0 Å². The van der Waals surface area contributed by atoms with Crippen molar-refractivity contribution < 1.29 is 14.3 Å². The van der Waals surface area contributed by atoms with Gasteiger partial charge in [-0.05, 0) is 84.9 Å². The number of rotatable bonds is 8. The largest absolute Gasteiger partial charge is 0.492 e. The maximum atomic E-state index is 11.9. The van der Waals surface area contributed by atoms with E-state index in [1.807, 2.05) is 50.2 Å². The molecule has 3 aromatic rings. The van der Waals surface area contributed by atoms with E-state index in [9.17, 15) is 4.79 Å². The fraction of sp³-hybridized carbons (Fsp3) is 0.360. The van der Waals surface area contributed by atoms with Crippen LogP contribution in [0.15, 0.2) is 48.8 Å². The van der Waals surface area contributed by atoms with Gasteiger partial charge in [0.1, 0.15) is 12.4 Å². The van der Waals surface area contributed by atoms with E-state index in [2.05, 4.69) is 26.8 Å². The number of hydrogen-bond donors (Lipinski definition) is 2. The van der Waals surface area contributed by atoms with Crippen molar-refractivity contribution in [2.45, 2.75) is 45.3 Å². The second-order valence-corrected chi connectivity index (χ2v) is 8.93. The molecule has 1 aromatic heterocycles. The van der Waals surface area contributed by atoms with Crippen molar-refractivity contribution >= 4 is 23.1 Å². The van der Waals surface area contributed by atoms with Crippen LogP contribution in [0.3, 0.4) is 0 Å². The predicted molar refractivity (Wildman–Crippen MR) is 128 cm³/mol. The van der Waals surface area contributed by atoms with Crippen LogP contribution in [0, 0.1) is 5.92 Å². The maximum Gasteiger partial charge on any atom is 0.411 e. The molecule has 34 heavy (non-hydrogen) atoms. The molecule has 5 rings (SSSR count). The topological polar surface area (TPSA) is 117 Å². The minimum absolute atomic E-state index is 0.173. The summed E-state index contributed by atoms with van der Waals surface area (Å²) in [4.78, 5) is 13.4. The summed E-state index contributed by atoms with van der Waals surface area (Å²) in [6, 6.07) is 13.9. The van der Waals surface area contributed by atoms with Crippen LogP contribution in [-0.4, -0.2) is 39.0 Å². The first kappa shape index (κ1) is 21.9. The van der Waals surface area contributed by atoms with Crippen molar-refractivity contribution in [3.05, 3.63) is 65.5 Å². The second kappa shape index (κ2) is 9.17. The third kappa shape index (κ3) is 4.59. The Morgan fingerprint density at radius 1 is 1.21 bits per heavy atom. The summed E-state index contributed by atoms with van der Waals surface area (Å²) in [5, 5.41) is 14.3. The van der Waals surface area contributed by atoms with E-state index >= 15 is 0 Å². The summed E-state index contributed by atoms with van der Waals surface area (Å²) in [6.45, 7) is 4.61. The standard InChI is InChI=1S/C25H28N6O3/c1-15(2)34-25(32)29-18-7-5-17(6-8-18)23-22(16-3-4-16)21-13-19(9-10-20(21)24(23)26)33-12-11-31-28-14-27-30-31/h5-10,13-16,22H,3-4,11-12,26H2,1-2H3,(H,29,32). The highest BCUT2D eigenvalue weighted by Gasteiger charge is 2.41. The Morgan fingerprint density at radius 3 is 2.68 bits per heavy atom. The van der Waals surface area contributed by atoms with Gasteiger partial charge < -0.3 is 15.2 Å². The highest BCUT2D eigenvalue weighted by Crippen LogP contribution is 2.56. The van der Waals surface area contributed by atoms with Gasteiger partial charge in [0.2, 0.25) is 0 Å². The smallest absolute Gasteiger partial charge is 0.411 e. The Labute approximate surface area is 197 Å². The number of allylic oxidation sites excluding steroid dienone is 1. The van der Waals surface area contributed by atoms with Crippen molar-refractivity contribution in [3.8, 4) is 5.75 Å². The molecule has 1 fully saturated rings. The van der Waals surface area contributed by atoms with Crippen LogP contribution in [-0.2, 0) is 11.3 Å². The minimum Gasteiger partial charge on any atom is -0.492 e. The predicted octanol–water partition coefficient (Wildman–Crippen LogP) is 4.04. The Balaban J connectivity index is 1.34. The first-order valence-electron chi connectivity index (χ1n) is 11.5. The fourth-order valence-electron chi connectivity index (χ4n) is 4.49. The molecule has 1 atom stereocenters. The van der Waals surface area contributed by atoms with Gasteiger partial charge in [-0.1, -0.05) is 12.1 Å². The van der Waals surface area contributed by atoms with Gasteiger partial charge in [0, 0.05) is 22.9 Å². The number of tetrazole rings is 1. The molecule has 1 saturated carbocycles. The molecule has 2 aliphatic rings. The van der Waals surface area contributed by atoms with Gasteiger partial charge in [0.25, 0.3) is 0 Å². The second-order valence-electron chi connectivity index (χ2n) is 8.93. The van der Waals surface area contributed by atoms with E-state index in [0.717, 1.165) is 28.1 Å². The zero-order valence-electron chi connectivity index (χ0n) is 19.3. The number of hydrogen-bond acceptors (Lipinski definition) is 7. The van der Waals surface area contributed by atoms with E-state index in [0.29, 0.717) is 24.8 Å². The van der Waals surface area contributed by atoms with Crippen LogP contribution >= 0.6 is 0 Å². The molecule has 1 heterocycles. The lowest BCUT2D eigenvalue weighted by Gasteiger charge is -2.18. The third-order valence-electron chi connectivity index (χ3n) is 6.08. The number of ether oxygens (including phenoxy) is 2. The number of amides is 1. The van der Waals surface area contributed by atoms with E-state index in [4.69, 9.17) is 15.2 Å². The van der Waals surface area contributed by atoms with E-state index < -0.39 is 6.09 Å². The van der Waals surface area contributed by atoms with Crippen molar-refractivity contribution in [1.82, 2.24) is 20.2 Å². The zero-order valence-corrected chi connectivity index (χ0v) is 19.3. The normalized spacial score (nSPS) is 17.1. The Hall–Kier alpha value is -3.88. The molecule has 1 unspecified atom stereocenters. The molecular weight excluding hydrogens is 432 g/mol. The van der Waals surface area contributed by atoms with Crippen LogP contribution in [0.4, 0.5) is 10.5 Å². The molecule has 2 aliphatic carbocycles. The van der Waals surface area contributed by atoms with Gasteiger partial charge in [-0.2, -0.15) is 4.80 Å². The summed E-state index contributed by atoms with van der Waals surface area (Å²) in [7, 11) is 0. The molecule has 0 spiro atoms. The summed E-state index contributed by atoms with van der Waals surface area (Å²) in [5.41, 5.74) is 12.7. The molecular formula is C25H28N6O3. The molecule has 0 radical (unpaired) electrons. The van der Waals surface area contributed by atoms with Gasteiger partial charge in [0.15, 0.2) is 6.33 Å². The van der Waals surface area contributed by atoms with Gasteiger partial charge in [-0.25, -0.2) is 4.79 Å². The summed E-state index contributed by atoms with van der Waals surface area (Å²) in [6.07, 6.45) is 3.15. The number of aromatic nitrogens is 4. The van der Waals surface area contributed by atoms with Crippen molar-refractivity contribution in [2.75, 3.05) is 11.9 Å². The molecule has 0 bridgehead atoms. The lowest BCUT2D eigenvalue weighted by atomic mass is 9.87. The quantitative estimate of drug-likeness (QED) is 0.521. The average molecular weight is 461 g/mol. The fourth-order valence-corrected chi connectivity index (χ4v) is 4.49. The van der Waals surface area contributed by atoms with Crippen LogP contribution in [0.2, 0.25) is 0 Å². The molecule has 9 heteroatoms. The SMILES string of the molecule is CC(C)OC(=O)Nc1ccc(C2=C(N)c3ccc(OCCn4ncnn4)cc3C2C2CC2)cc1. The lowest BCUT2D eigenvalue weighted by molar-refractivity contribution is 0.130. The van der Waals surface area contributed by atoms with Gasteiger partial charge >= 0.3 is 6.09 Å².